The second-order valence-electron chi connectivity index (χ2n) is 8.81. The number of carbonyl (C=O) groups excluding carboxylic acids is 2. The van der Waals surface area contributed by atoms with Crippen molar-refractivity contribution in [3.8, 4) is 11.1 Å². The van der Waals surface area contributed by atoms with Crippen LogP contribution < -0.4 is 10.6 Å². The van der Waals surface area contributed by atoms with E-state index in [1.54, 1.807) is 0 Å². The Balaban J connectivity index is 1.20. The predicted molar refractivity (Wildman–Crippen MR) is 138 cm³/mol. The van der Waals surface area contributed by atoms with Crippen molar-refractivity contribution in [2.75, 3.05) is 19.8 Å². The summed E-state index contributed by atoms with van der Waals surface area (Å²) in [5, 5.41) is 15.0. The van der Waals surface area contributed by atoms with Gasteiger partial charge >= 0.3 is 12.2 Å². The van der Waals surface area contributed by atoms with E-state index in [1.165, 1.54) is 11.1 Å². The molecule has 3 N–H and O–H groups in total. The minimum Gasteiger partial charge on any atom is -0.449 e. The number of ether oxygens (including phenoxy) is 2. The van der Waals surface area contributed by atoms with Crippen LogP contribution in [0.25, 0.3) is 11.1 Å². The maximum Gasteiger partial charge on any atom is 0.407 e. The molecule has 0 aromatic heterocycles. The molecular formula is C29H32N2O5. The third kappa shape index (κ3) is 6.64. The van der Waals surface area contributed by atoms with Crippen LogP contribution in [0.5, 0.6) is 0 Å². The van der Waals surface area contributed by atoms with E-state index in [-0.39, 0.29) is 31.8 Å². The second kappa shape index (κ2) is 12.7. The minimum absolute atomic E-state index is 0.00876. The summed E-state index contributed by atoms with van der Waals surface area (Å²) in [6, 6.07) is 25.6. The Kier molecular flexibility index (Phi) is 8.94. The topological polar surface area (TPSA) is 96.9 Å². The molecular weight excluding hydrogens is 456 g/mol. The summed E-state index contributed by atoms with van der Waals surface area (Å²) in [7, 11) is 0. The van der Waals surface area contributed by atoms with Crippen molar-refractivity contribution in [2.24, 2.45) is 0 Å². The number of amides is 2. The van der Waals surface area contributed by atoms with Crippen LogP contribution in [0.4, 0.5) is 9.59 Å². The van der Waals surface area contributed by atoms with Gasteiger partial charge in [0.05, 0.1) is 0 Å². The Morgan fingerprint density at radius 2 is 1.44 bits per heavy atom. The van der Waals surface area contributed by atoms with Crippen molar-refractivity contribution in [1.29, 1.82) is 0 Å². The van der Waals surface area contributed by atoms with Gasteiger partial charge in [0.15, 0.2) is 0 Å². The molecule has 0 spiro atoms. The number of hydrogen-bond donors (Lipinski definition) is 3. The second-order valence-corrected chi connectivity index (χ2v) is 8.81. The van der Waals surface area contributed by atoms with Crippen molar-refractivity contribution >= 4 is 12.2 Å². The third-order valence-corrected chi connectivity index (χ3v) is 6.35. The SMILES string of the molecule is O=C(NCCC[C@@H](CCO)NC(=O)OCC1c2ccccc2-c2ccccc21)OCc1ccccc1. The zero-order valence-corrected chi connectivity index (χ0v) is 20.2. The van der Waals surface area contributed by atoms with E-state index in [1.807, 2.05) is 54.6 Å². The highest BCUT2D eigenvalue weighted by atomic mass is 16.6. The summed E-state index contributed by atoms with van der Waals surface area (Å²) < 4.78 is 10.8. The predicted octanol–water partition coefficient (Wildman–Crippen LogP) is 4.98. The summed E-state index contributed by atoms with van der Waals surface area (Å²) in [4.78, 5) is 24.5. The number of nitrogens with one attached hydrogen (secondary N) is 2. The molecule has 36 heavy (non-hydrogen) atoms. The first kappa shape index (κ1) is 25.3. The third-order valence-electron chi connectivity index (χ3n) is 6.35. The van der Waals surface area contributed by atoms with Gasteiger partial charge in [0.25, 0.3) is 0 Å². The van der Waals surface area contributed by atoms with E-state index >= 15 is 0 Å². The smallest absolute Gasteiger partial charge is 0.407 e. The van der Waals surface area contributed by atoms with Crippen molar-refractivity contribution in [3.05, 3.63) is 95.6 Å². The van der Waals surface area contributed by atoms with Crippen molar-refractivity contribution in [3.63, 3.8) is 0 Å². The van der Waals surface area contributed by atoms with Crippen LogP contribution in [0.1, 0.15) is 41.9 Å². The number of aliphatic hydroxyl groups excluding tert-OH is 1. The van der Waals surface area contributed by atoms with Crippen LogP contribution >= 0.6 is 0 Å². The van der Waals surface area contributed by atoms with E-state index in [9.17, 15) is 14.7 Å². The molecule has 0 unspecified atom stereocenters. The van der Waals surface area contributed by atoms with Gasteiger partial charge in [-0.1, -0.05) is 78.9 Å². The van der Waals surface area contributed by atoms with Crippen molar-refractivity contribution in [1.82, 2.24) is 10.6 Å². The number of hydrogen-bond acceptors (Lipinski definition) is 5. The fourth-order valence-electron chi connectivity index (χ4n) is 4.56. The van der Waals surface area contributed by atoms with E-state index in [0.29, 0.717) is 25.8 Å². The zero-order chi connectivity index (χ0) is 25.2. The van der Waals surface area contributed by atoms with Crippen LogP contribution in [0.2, 0.25) is 0 Å². The maximum absolute atomic E-state index is 12.6. The quantitative estimate of drug-likeness (QED) is 0.331. The molecule has 0 heterocycles. The van der Waals surface area contributed by atoms with Gasteiger partial charge in [-0.2, -0.15) is 0 Å². The van der Waals surface area contributed by atoms with Crippen molar-refractivity contribution < 1.29 is 24.2 Å². The Hall–Kier alpha value is -3.84. The summed E-state index contributed by atoms with van der Waals surface area (Å²) in [5.74, 6) is -0.00876. The van der Waals surface area contributed by atoms with Gasteiger partial charge in [0.2, 0.25) is 0 Å². The fraction of sp³-hybridized carbons (Fsp3) is 0.310. The summed E-state index contributed by atoms with van der Waals surface area (Å²) >= 11 is 0. The molecule has 188 valence electrons. The highest BCUT2D eigenvalue weighted by molar-refractivity contribution is 5.79. The van der Waals surface area contributed by atoms with Gasteiger partial charge < -0.3 is 25.2 Å². The number of benzene rings is 3. The van der Waals surface area contributed by atoms with Crippen LogP contribution in [-0.4, -0.2) is 43.1 Å². The van der Waals surface area contributed by atoms with Crippen LogP contribution in [0, 0.1) is 0 Å². The molecule has 7 nitrogen and oxygen atoms in total. The molecule has 0 fully saturated rings. The number of aliphatic hydroxyl groups is 1. The van der Waals surface area contributed by atoms with Gasteiger partial charge in [0.1, 0.15) is 13.2 Å². The average Bonchev–Trinajstić information content (AvgIpc) is 3.23. The number of rotatable bonds is 11. The number of fused-ring (bicyclic) bond motifs is 3. The number of alkyl carbamates (subject to hydrolysis) is 2. The molecule has 0 aliphatic heterocycles. The lowest BCUT2D eigenvalue weighted by Crippen LogP contribution is -2.37. The molecule has 3 aromatic carbocycles. The van der Waals surface area contributed by atoms with Crippen LogP contribution in [0.3, 0.4) is 0 Å². The molecule has 1 aliphatic rings. The summed E-state index contributed by atoms with van der Waals surface area (Å²) in [5.41, 5.74) is 5.58. The van der Waals surface area contributed by atoms with Gasteiger partial charge in [0, 0.05) is 25.1 Å². The molecule has 0 radical (unpaired) electrons. The fourth-order valence-corrected chi connectivity index (χ4v) is 4.56. The van der Waals surface area contributed by atoms with E-state index in [2.05, 4.69) is 34.9 Å². The maximum atomic E-state index is 12.6. The Morgan fingerprint density at radius 1 is 0.806 bits per heavy atom. The minimum atomic E-state index is -0.509. The molecule has 0 saturated carbocycles. The molecule has 7 heteroatoms. The first-order chi connectivity index (χ1) is 17.7. The lowest BCUT2D eigenvalue weighted by Gasteiger charge is -2.19. The normalized spacial score (nSPS) is 12.8. The molecule has 0 bridgehead atoms. The van der Waals surface area contributed by atoms with Gasteiger partial charge in [-0.3, -0.25) is 0 Å². The lowest BCUT2D eigenvalue weighted by molar-refractivity contribution is 0.134. The average molecular weight is 489 g/mol. The standard InChI is InChI=1S/C29H32N2O5/c32-18-16-22(11-8-17-30-28(33)35-19-21-9-2-1-3-10-21)31-29(34)36-20-27-25-14-6-4-12-23(25)24-13-5-7-15-26(24)27/h1-7,9-10,12-15,22,27,32H,8,11,16-20H2,(H,30,33)(H,31,34)/t22-/m0/s1. The van der Waals surface area contributed by atoms with Gasteiger partial charge in [-0.25, -0.2) is 9.59 Å². The monoisotopic (exact) mass is 488 g/mol. The summed E-state index contributed by atoms with van der Waals surface area (Å²) in [6.07, 6.45) is 0.619. The molecule has 2 amide bonds. The molecule has 4 rings (SSSR count). The Morgan fingerprint density at radius 3 is 2.11 bits per heavy atom. The van der Waals surface area contributed by atoms with Crippen LogP contribution in [-0.2, 0) is 16.1 Å². The largest absolute Gasteiger partial charge is 0.449 e. The Labute approximate surface area is 211 Å². The Bertz CT molecular complexity index is 1110. The zero-order valence-electron chi connectivity index (χ0n) is 20.2. The van der Waals surface area contributed by atoms with Gasteiger partial charge in [-0.05, 0) is 47.1 Å². The molecule has 1 aliphatic carbocycles. The van der Waals surface area contributed by atoms with Gasteiger partial charge in [-0.15, -0.1) is 0 Å². The lowest BCUT2D eigenvalue weighted by atomic mass is 9.98. The van der Waals surface area contributed by atoms with Crippen molar-refractivity contribution in [2.45, 2.75) is 37.8 Å². The van der Waals surface area contributed by atoms with E-state index in [4.69, 9.17) is 9.47 Å². The van der Waals surface area contributed by atoms with E-state index < -0.39 is 12.2 Å². The first-order valence-electron chi connectivity index (χ1n) is 12.3. The summed E-state index contributed by atoms with van der Waals surface area (Å²) in [6.45, 7) is 0.798. The highest BCUT2D eigenvalue weighted by Crippen LogP contribution is 2.44. The van der Waals surface area contributed by atoms with E-state index in [0.717, 1.165) is 16.7 Å². The van der Waals surface area contributed by atoms with Crippen LogP contribution in [0.15, 0.2) is 78.9 Å². The number of carbonyl (C=O) groups is 2. The highest BCUT2D eigenvalue weighted by Gasteiger charge is 2.29. The molecule has 1 atom stereocenters. The first-order valence-corrected chi connectivity index (χ1v) is 12.3. The molecule has 3 aromatic rings. The molecule has 0 saturated heterocycles.